The van der Waals surface area contributed by atoms with Gasteiger partial charge in [-0.05, 0) is 250 Å². The molecule has 18 rings (SSSR count). The molecular formula is C56H50. The molecule has 6 aromatic rings. The molecule has 56 heavy (non-hydrogen) atoms. The first kappa shape index (κ1) is 28.7. The van der Waals surface area contributed by atoms with Crippen LogP contribution in [0.25, 0.3) is 70.6 Å². The van der Waals surface area contributed by atoms with Crippen LogP contribution in [0.3, 0.4) is 0 Å². The fourth-order valence-electron chi connectivity index (χ4n) is 19.7. The average Bonchev–Trinajstić information content (AvgIpc) is 4.01. The standard InChI is InChI=1S/C56H50/c1-21(2)32-9-7-22(3)11-24(32)6-4-5-23-8-10-34-33-18-30-16-27-14-28-13-25-12-26-15-29-17-31-20-56(34,19-23)55-41(31)46-40(29)45-36(26)35(25)43-39(28)44-37(27)38(30)47-42(33)54(55)53-51(46)49(45)48(43)50(44)52(47)53/h8,13,15,18,21-22,24-25,27,30-32,34-35,37H,4-7,9-12,14,16-17,19-20H2,1-3H3/t22-,24-,25?,27?,30?,31+,32+,34?,35?,37?,56?/m1/s1. The summed E-state index contributed by atoms with van der Waals surface area (Å²) in [6.45, 7) is 7.57. The zero-order chi connectivity index (χ0) is 35.7. The first-order chi connectivity index (χ1) is 27.5. The summed E-state index contributed by atoms with van der Waals surface area (Å²) in [5, 5.41) is 19.7. The maximum atomic E-state index is 2.99. The number of fused-ring (bicyclic) bond motifs is 1. The first-order valence-electron chi connectivity index (χ1n) is 23.8. The van der Waals surface area contributed by atoms with E-state index in [2.05, 4.69) is 45.1 Å². The van der Waals surface area contributed by atoms with Gasteiger partial charge in [0.25, 0.3) is 0 Å². The third-order valence-electron chi connectivity index (χ3n) is 20.8. The Kier molecular flexibility index (Phi) is 4.32. The van der Waals surface area contributed by atoms with Gasteiger partial charge in [0.15, 0.2) is 0 Å². The SMILES string of the molecule is CC(C)[C@@H]1CC[C@@H](C)C[C@H]1CCCC1=CCC2C3=CC4CC5CC6=CC7Cc8cc9c%10c%11c8C7c7c6c6c8c7c%11c7c%10c%10c(c%11c3c(c8c%117)=C4C65)C2(C1)C[C@@H]%10C9. The molecule has 12 aliphatic rings. The average molecular weight is 723 g/mol. The maximum absolute atomic E-state index is 2.99. The van der Waals surface area contributed by atoms with Crippen LogP contribution in [0.2, 0.25) is 0 Å². The lowest BCUT2D eigenvalue weighted by atomic mass is 9.55. The molecule has 0 radical (unpaired) electrons. The highest BCUT2D eigenvalue weighted by molar-refractivity contribution is 6.49. The van der Waals surface area contributed by atoms with Crippen molar-refractivity contribution < 1.29 is 0 Å². The van der Waals surface area contributed by atoms with Crippen LogP contribution < -0.4 is 5.22 Å². The van der Waals surface area contributed by atoms with Crippen molar-refractivity contribution in [3.8, 4) is 0 Å². The molecule has 11 atom stereocenters. The fraction of sp³-hybridized carbons (Fsp3) is 0.500. The predicted octanol–water partition coefficient (Wildman–Crippen LogP) is 13.3. The second-order valence-electron chi connectivity index (χ2n) is 23.1. The second kappa shape index (κ2) is 8.42. The van der Waals surface area contributed by atoms with E-state index in [4.69, 9.17) is 0 Å². The summed E-state index contributed by atoms with van der Waals surface area (Å²) in [5.74, 6) is 8.43. The highest BCUT2D eigenvalue weighted by Gasteiger charge is 2.61. The fourth-order valence-corrected chi connectivity index (χ4v) is 19.7. The minimum absolute atomic E-state index is 0.287. The summed E-state index contributed by atoms with van der Waals surface area (Å²) in [5.41, 5.74) is 24.2. The van der Waals surface area contributed by atoms with Gasteiger partial charge in [0.05, 0.1) is 0 Å². The second-order valence-corrected chi connectivity index (χ2v) is 23.1. The van der Waals surface area contributed by atoms with Gasteiger partial charge in [-0.15, -0.1) is 0 Å². The Morgan fingerprint density at radius 3 is 2.54 bits per heavy atom. The molecule has 0 aromatic heterocycles. The number of hydrogen-bond donors (Lipinski definition) is 0. The smallest absolute Gasteiger partial charge is 0.0177 e. The third-order valence-corrected chi connectivity index (χ3v) is 20.8. The molecule has 1 spiro atoms. The van der Waals surface area contributed by atoms with E-state index in [-0.39, 0.29) is 5.41 Å². The maximum Gasteiger partial charge on any atom is 0.0177 e. The van der Waals surface area contributed by atoms with Gasteiger partial charge < -0.3 is 0 Å². The summed E-state index contributed by atoms with van der Waals surface area (Å²) in [6, 6.07) is 2.83. The monoisotopic (exact) mass is 722 g/mol. The van der Waals surface area contributed by atoms with Gasteiger partial charge in [0.1, 0.15) is 0 Å². The van der Waals surface area contributed by atoms with Crippen LogP contribution in [0, 0.1) is 47.3 Å². The number of rotatable bonds is 5. The van der Waals surface area contributed by atoms with Gasteiger partial charge in [-0.1, -0.05) is 57.1 Å². The van der Waals surface area contributed by atoms with E-state index in [1.807, 2.05) is 66.1 Å². The molecule has 0 N–H and O–H groups in total. The number of hydrogen-bond acceptors (Lipinski definition) is 0. The van der Waals surface area contributed by atoms with Gasteiger partial charge in [-0.3, -0.25) is 0 Å². The largest absolute Gasteiger partial charge is 0.0847 e. The van der Waals surface area contributed by atoms with Crippen molar-refractivity contribution in [1.29, 1.82) is 0 Å². The molecule has 0 amide bonds. The minimum atomic E-state index is 0.287. The molecular weight excluding hydrogens is 673 g/mol. The van der Waals surface area contributed by atoms with Gasteiger partial charge in [-0.25, -0.2) is 0 Å². The molecule has 0 heteroatoms. The van der Waals surface area contributed by atoms with Crippen LogP contribution in [-0.4, -0.2) is 0 Å². The van der Waals surface area contributed by atoms with Gasteiger partial charge in [0.2, 0.25) is 0 Å². The van der Waals surface area contributed by atoms with Gasteiger partial charge >= 0.3 is 0 Å². The summed E-state index contributed by atoms with van der Waals surface area (Å²) < 4.78 is 0. The van der Waals surface area contributed by atoms with Crippen LogP contribution >= 0.6 is 0 Å². The molecule has 0 saturated heterocycles. The molecule has 2 fully saturated rings. The van der Waals surface area contributed by atoms with E-state index < -0.39 is 0 Å². The lowest BCUT2D eigenvalue weighted by molar-refractivity contribution is 0.134. The summed E-state index contributed by atoms with van der Waals surface area (Å²) in [6.07, 6.45) is 26.7. The summed E-state index contributed by atoms with van der Waals surface area (Å²) in [7, 11) is 0. The van der Waals surface area contributed by atoms with Crippen molar-refractivity contribution in [2.45, 2.75) is 127 Å². The van der Waals surface area contributed by atoms with Gasteiger partial charge in [-0.2, -0.15) is 0 Å². The zero-order valence-corrected chi connectivity index (χ0v) is 33.4. The first-order valence-corrected chi connectivity index (χ1v) is 23.8. The summed E-state index contributed by atoms with van der Waals surface area (Å²) >= 11 is 0. The minimum Gasteiger partial charge on any atom is -0.0847 e. The van der Waals surface area contributed by atoms with E-state index in [1.165, 1.54) is 83.5 Å². The van der Waals surface area contributed by atoms with E-state index in [9.17, 15) is 0 Å². The molecule has 7 unspecified atom stereocenters. The number of allylic oxidation sites excluding steroid dienone is 6. The number of benzene rings is 3. The molecule has 2 saturated carbocycles. The highest BCUT2D eigenvalue weighted by atomic mass is 14.6. The molecule has 0 aliphatic heterocycles. The Labute approximate surface area is 329 Å². The van der Waals surface area contributed by atoms with Crippen molar-refractivity contribution in [2.75, 3.05) is 0 Å². The van der Waals surface area contributed by atoms with Crippen molar-refractivity contribution in [1.82, 2.24) is 0 Å². The molecule has 12 aliphatic carbocycles. The zero-order valence-electron chi connectivity index (χ0n) is 33.4. The molecule has 0 heterocycles. The molecule has 274 valence electrons. The Balaban J connectivity index is 0.939. The van der Waals surface area contributed by atoms with Crippen LogP contribution in [-0.2, 0) is 18.3 Å². The van der Waals surface area contributed by atoms with Gasteiger partial charge in [0, 0.05) is 23.2 Å². The Bertz CT molecular complexity index is 3230. The molecule has 6 aromatic carbocycles. The topological polar surface area (TPSA) is 0 Å². The lowest BCUT2D eigenvalue weighted by Crippen LogP contribution is -2.41. The van der Waals surface area contributed by atoms with E-state index >= 15 is 0 Å². The molecule has 0 nitrogen and oxygen atoms in total. The Morgan fingerprint density at radius 2 is 1.61 bits per heavy atom. The van der Waals surface area contributed by atoms with Crippen LogP contribution in [0.15, 0.2) is 29.9 Å². The van der Waals surface area contributed by atoms with E-state index in [0.29, 0.717) is 35.5 Å². The molecule has 0 bridgehead atoms. The van der Waals surface area contributed by atoms with Crippen molar-refractivity contribution >= 4 is 70.6 Å². The van der Waals surface area contributed by atoms with Crippen LogP contribution in [0.5, 0.6) is 0 Å². The van der Waals surface area contributed by atoms with E-state index in [0.717, 1.165) is 29.6 Å². The van der Waals surface area contributed by atoms with Crippen LogP contribution in [0.1, 0.15) is 159 Å². The van der Waals surface area contributed by atoms with Crippen LogP contribution in [0.4, 0.5) is 0 Å². The van der Waals surface area contributed by atoms with Crippen molar-refractivity contribution in [2.24, 2.45) is 47.3 Å². The quantitative estimate of drug-likeness (QED) is 0.155. The predicted molar refractivity (Wildman–Crippen MR) is 231 cm³/mol. The normalized spacial score (nSPS) is 38.3. The van der Waals surface area contributed by atoms with E-state index in [1.54, 1.807) is 65.4 Å². The van der Waals surface area contributed by atoms with Crippen molar-refractivity contribution in [3.63, 3.8) is 0 Å². The highest BCUT2D eigenvalue weighted by Crippen LogP contribution is 2.76. The van der Waals surface area contributed by atoms with Crippen molar-refractivity contribution in [3.05, 3.63) is 85.2 Å². The Morgan fingerprint density at radius 1 is 0.768 bits per heavy atom. The Hall–Kier alpha value is -3.64. The third kappa shape index (κ3) is 2.57. The summed E-state index contributed by atoms with van der Waals surface area (Å²) in [4.78, 5) is 0. The lowest BCUT2D eigenvalue weighted by Gasteiger charge is -2.48.